The van der Waals surface area contributed by atoms with E-state index in [1.54, 1.807) is 18.2 Å². The number of hydrogen-bond acceptors (Lipinski definition) is 2. The summed E-state index contributed by atoms with van der Waals surface area (Å²) in [6, 6.07) is 14.6. The molecule has 3 nitrogen and oxygen atoms in total. The Morgan fingerprint density at radius 3 is 2.73 bits per heavy atom. The first-order chi connectivity index (χ1) is 10.6. The molecule has 3 aromatic rings. The number of nitrogens with one attached hydrogen (secondary N) is 1. The van der Waals surface area contributed by atoms with Crippen molar-refractivity contribution in [3.8, 4) is 0 Å². The molecule has 22 heavy (non-hydrogen) atoms. The van der Waals surface area contributed by atoms with E-state index in [1.165, 1.54) is 0 Å². The van der Waals surface area contributed by atoms with E-state index in [0.717, 1.165) is 16.7 Å². The smallest absolute Gasteiger partial charge is 0.252 e. The zero-order valence-electron chi connectivity index (χ0n) is 11.6. The van der Waals surface area contributed by atoms with Crippen molar-refractivity contribution >= 4 is 40.1 Å². The van der Waals surface area contributed by atoms with Crippen molar-refractivity contribution < 1.29 is 9.21 Å². The van der Waals surface area contributed by atoms with Gasteiger partial charge >= 0.3 is 0 Å². The summed E-state index contributed by atoms with van der Waals surface area (Å²) < 4.78 is 5.70. The molecule has 0 fully saturated rings. The van der Waals surface area contributed by atoms with Crippen molar-refractivity contribution in [3.05, 3.63) is 69.9 Å². The van der Waals surface area contributed by atoms with E-state index >= 15 is 0 Å². The van der Waals surface area contributed by atoms with Crippen LogP contribution >= 0.6 is 23.2 Å². The third kappa shape index (κ3) is 3.26. The van der Waals surface area contributed by atoms with E-state index in [2.05, 4.69) is 5.32 Å². The predicted molar refractivity (Wildman–Crippen MR) is 88.7 cm³/mol. The van der Waals surface area contributed by atoms with Gasteiger partial charge in [-0.25, -0.2) is 0 Å². The van der Waals surface area contributed by atoms with Crippen LogP contribution in [-0.2, 0) is 6.42 Å². The van der Waals surface area contributed by atoms with Gasteiger partial charge in [-0.1, -0.05) is 41.4 Å². The van der Waals surface area contributed by atoms with Gasteiger partial charge in [0.25, 0.3) is 5.91 Å². The second-order valence-corrected chi connectivity index (χ2v) is 5.72. The summed E-state index contributed by atoms with van der Waals surface area (Å²) in [4.78, 5) is 12.1. The van der Waals surface area contributed by atoms with E-state index in [9.17, 15) is 4.79 Å². The summed E-state index contributed by atoms with van der Waals surface area (Å²) in [5, 5.41) is 4.73. The van der Waals surface area contributed by atoms with Gasteiger partial charge in [0.2, 0.25) is 0 Å². The molecule has 0 unspecified atom stereocenters. The maximum Gasteiger partial charge on any atom is 0.252 e. The maximum absolute atomic E-state index is 12.1. The Bertz CT molecular complexity index is 793. The Morgan fingerprint density at radius 1 is 1.09 bits per heavy atom. The summed E-state index contributed by atoms with van der Waals surface area (Å²) in [6.45, 7) is 0.460. The molecule has 1 amide bonds. The van der Waals surface area contributed by atoms with Gasteiger partial charge in [-0.15, -0.1) is 0 Å². The second kappa shape index (κ2) is 6.42. The molecular formula is C17H13Cl2NO2. The molecule has 2 aromatic carbocycles. The fourth-order valence-corrected chi connectivity index (χ4v) is 2.60. The molecule has 0 bridgehead atoms. The minimum Gasteiger partial charge on any atom is -0.461 e. The molecule has 112 valence electrons. The zero-order valence-corrected chi connectivity index (χ0v) is 13.1. The molecule has 1 aromatic heterocycles. The summed E-state index contributed by atoms with van der Waals surface area (Å²) in [5.74, 6) is 0.585. The monoisotopic (exact) mass is 333 g/mol. The minimum absolute atomic E-state index is 0.247. The molecular weight excluding hydrogens is 321 g/mol. The van der Waals surface area contributed by atoms with Crippen LogP contribution < -0.4 is 5.32 Å². The van der Waals surface area contributed by atoms with E-state index in [1.807, 2.05) is 30.3 Å². The first-order valence-corrected chi connectivity index (χ1v) is 7.60. The molecule has 1 N–H and O–H groups in total. The van der Waals surface area contributed by atoms with Crippen molar-refractivity contribution in [3.63, 3.8) is 0 Å². The topological polar surface area (TPSA) is 42.2 Å². The first-order valence-electron chi connectivity index (χ1n) is 6.84. The van der Waals surface area contributed by atoms with Gasteiger partial charge in [-0.05, 0) is 30.3 Å². The molecule has 0 saturated heterocycles. The highest BCUT2D eigenvalue weighted by Crippen LogP contribution is 2.21. The van der Waals surface area contributed by atoms with Crippen molar-refractivity contribution in [2.45, 2.75) is 6.42 Å². The number of amides is 1. The number of fused-ring (bicyclic) bond motifs is 1. The zero-order chi connectivity index (χ0) is 15.5. The molecule has 0 aliphatic rings. The third-order valence-electron chi connectivity index (χ3n) is 3.31. The average molecular weight is 334 g/mol. The van der Waals surface area contributed by atoms with Crippen molar-refractivity contribution in [2.24, 2.45) is 0 Å². The highest BCUT2D eigenvalue weighted by Gasteiger charge is 2.11. The number of halogens is 2. The van der Waals surface area contributed by atoms with Gasteiger partial charge in [-0.3, -0.25) is 4.79 Å². The highest BCUT2D eigenvalue weighted by atomic mass is 35.5. The molecule has 0 spiro atoms. The lowest BCUT2D eigenvalue weighted by atomic mass is 10.2. The molecule has 3 rings (SSSR count). The lowest BCUT2D eigenvalue weighted by Gasteiger charge is -2.06. The summed E-state index contributed by atoms with van der Waals surface area (Å²) in [7, 11) is 0. The Labute approximate surface area is 137 Å². The Balaban J connectivity index is 1.62. The maximum atomic E-state index is 12.1. The number of para-hydroxylation sites is 1. The summed E-state index contributed by atoms with van der Waals surface area (Å²) in [6.07, 6.45) is 0.610. The van der Waals surface area contributed by atoms with Crippen molar-refractivity contribution in [2.75, 3.05) is 6.54 Å². The largest absolute Gasteiger partial charge is 0.461 e. The number of hydrogen-bond donors (Lipinski definition) is 1. The van der Waals surface area contributed by atoms with Gasteiger partial charge in [0.1, 0.15) is 11.3 Å². The average Bonchev–Trinajstić information content (AvgIpc) is 2.92. The lowest BCUT2D eigenvalue weighted by Crippen LogP contribution is -2.25. The summed E-state index contributed by atoms with van der Waals surface area (Å²) in [5.41, 5.74) is 1.22. The van der Waals surface area contributed by atoms with E-state index in [-0.39, 0.29) is 5.91 Å². The SMILES string of the molecule is O=C(NCCc1cc2ccccc2o1)c1cc(Cl)ccc1Cl. The van der Waals surface area contributed by atoms with Gasteiger partial charge in [-0.2, -0.15) is 0 Å². The molecule has 5 heteroatoms. The van der Waals surface area contributed by atoms with E-state index in [0.29, 0.717) is 28.6 Å². The second-order valence-electron chi connectivity index (χ2n) is 4.88. The molecule has 0 radical (unpaired) electrons. The van der Waals surface area contributed by atoms with Crippen LogP contribution in [0.4, 0.5) is 0 Å². The van der Waals surface area contributed by atoms with Gasteiger partial charge in [0.05, 0.1) is 10.6 Å². The number of furan rings is 1. The predicted octanol–water partition coefficient (Wildman–Crippen LogP) is 4.71. The van der Waals surface area contributed by atoms with Crippen LogP contribution in [0.15, 0.2) is 52.9 Å². The molecule has 1 heterocycles. The van der Waals surface area contributed by atoms with Crippen molar-refractivity contribution in [1.29, 1.82) is 0 Å². The van der Waals surface area contributed by atoms with Gasteiger partial charge in [0, 0.05) is 23.4 Å². The Morgan fingerprint density at radius 2 is 1.91 bits per heavy atom. The number of rotatable bonds is 4. The molecule has 0 saturated carbocycles. The number of benzene rings is 2. The highest BCUT2D eigenvalue weighted by molar-refractivity contribution is 6.35. The lowest BCUT2D eigenvalue weighted by molar-refractivity contribution is 0.0954. The van der Waals surface area contributed by atoms with Crippen LogP contribution in [0.5, 0.6) is 0 Å². The molecule has 0 atom stereocenters. The van der Waals surface area contributed by atoms with Crippen LogP contribution in [0, 0.1) is 0 Å². The van der Waals surface area contributed by atoms with Crippen LogP contribution in [0.3, 0.4) is 0 Å². The number of carbonyl (C=O) groups excluding carboxylic acids is 1. The van der Waals surface area contributed by atoms with E-state index < -0.39 is 0 Å². The number of carbonyl (C=O) groups is 1. The van der Waals surface area contributed by atoms with Crippen LogP contribution in [0.2, 0.25) is 10.0 Å². The van der Waals surface area contributed by atoms with Crippen LogP contribution in [0.25, 0.3) is 11.0 Å². The van der Waals surface area contributed by atoms with E-state index in [4.69, 9.17) is 27.6 Å². The minimum atomic E-state index is -0.247. The summed E-state index contributed by atoms with van der Waals surface area (Å²) >= 11 is 11.9. The van der Waals surface area contributed by atoms with Crippen LogP contribution in [-0.4, -0.2) is 12.5 Å². The quantitative estimate of drug-likeness (QED) is 0.751. The molecule has 0 aliphatic carbocycles. The Kier molecular flexibility index (Phi) is 4.36. The van der Waals surface area contributed by atoms with Crippen molar-refractivity contribution in [1.82, 2.24) is 5.32 Å². The Hall–Kier alpha value is -1.97. The van der Waals surface area contributed by atoms with Gasteiger partial charge < -0.3 is 9.73 Å². The normalized spacial score (nSPS) is 10.8. The third-order valence-corrected chi connectivity index (χ3v) is 3.87. The fourth-order valence-electron chi connectivity index (χ4n) is 2.23. The van der Waals surface area contributed by atoms with Crippen LogP contribution in [0.1, 0.15) is 16.1 Å². The fraction of sp³-hybridized carbons (Fsp3) is 0.118. The van der Waals surface area contributed by atoms with Gasteiger partial charge in [0.15, 0.2) is 0 Å². The first kappa shape index (κ1) is 14.9. The standard InChI is InChI=1S/C17H13Cl2NO2/c18-12-5-6-15(19)14(10-12)17(21)20-8-7-13-9-11-3-1-2-4-16(11)22-13/h1-6,9-10H,7-8H2,(H,20,21). The molecule has 0 aliphatic heterocycles.